The lowest BCUT2D eigenvalue weighted by atomic mass is 10.1. The quantitative estimate of drug-likeness (QED) is 0.847. The molecule has 1 fully saturated rings. The Morgan fingerprint density at radius 2 is 2.00 bits per heavy atom. The van der Waals surface area contributed by atoms with Gasteiger partial charge in [0.1, 0.15) is 5.82 Å². The third kappa shape index (κ3) is 2.53. The molecule has 1 heterocycles. The van der Waals surface area contributed by atoms with E-state index in [-0.39, 0.29) is 5.82 Å². The molecule has 0 bridgehead atoms. The Balaban J connectivity index is 2.09. The highest BCUT2D eigenvalue weighted by Gasteiger charge is 2.13. The number of nitrogens with zero attached hydrogens (tertiary/aromatic N) is 1. The molecule has 0 saturated carbocycles. The molecule has 0 aliphatic carbocycles. The summed E-state index contributed by atoms with van der Waals surface area (Å²) in [5.74, 6) is -0.0853. The van der Waals surface area contributed by atoms with E-state index in [1.54, 1.807) is 6.07 Å². The lowest BCUT2D eigenvalue weighted by Gasteiger charge is -2.18. The summed E-state index contributed by atoms with van der Waals surface area (Å²) in [4.78, 5) is 2.25. The molecule has 0 atom stereocenters. The van der Waals surface area contributed by atoms with Crippen molar-refractivity contribution < 1.29 is 4.39 Å². The molecule has 1 saturated heterocycles. The van der Waals surface area contributed by atoms with Gasteiger partial charge in [-0.3, -0.25) is 0 Å². The van der Waals surface area contributed by atoms with Gasteiger partial charge in [-0.05, 0) is 49.9 Å². The number of rotatable bonds is 4. The van der Waals surface area contributed by atoms with E-state index in [1.165, 1.54) is 12.8 Å². The molecule has 0 aromatic heterocycles. The first kappa shape index (κ1) is 11.4. The summed E-state index contributed by atoms with van der Waals surface area (Å²) in [6.07, 6.45) is 4.02. The van der Waals surface area contributed by atoms with Crippen LogP contribution in [0.25, 0.3) is 0 Å². The van der Waals surface area contributed by atoms with Crippen molar-refractivity contribution in [2.45, 2.75) is 25.7 Å². The third-order valence-corrected chi connectivity index (χ3v) is 3.16. The Morgan fingerprint density at radius 3 is 2.62 bits per heavy atom. The summed E-state index contributed by atoms with van der Waals surface area (Å²) in [6, 6.07) is 5.59. The molecular weight excluding hydrogens is 203 g/mol. The average Bonchev–Trinajstić information content (AvgIpc) is 2.81. The van der Waals surface area contributed by atoms with Gasteiger partial charge in [-0.2, -0.15) is 0 Å². The van der Waals surface area contributed by atoms with Gasteiger partial charge >= 0.3 is 0 Å². The molecule has 1 aliphatic rings. The van der Waals surface area contributed by atoms with Gasteiger partial charge in [0, 0.05) is 18.8 Å². The minimum absolute atomic E-state index is 0.0853. The number of hydrogen-bond acceptors (Lipinski definition) is 2. The lowest BCUT2D eigenvalue weighted by Crippen LogP contribution is -2.17. The standard InChI is InChI=1S/C13H19FN2/c14-13-10-12(16-8-1-2-9-16)6-5-11(13)4-3-7-15/h5-6,10H,1-4,7-9,15H2. The molecule has 0 spiro atoms. The monoisotopic (exact) mass is 222 g/mol. The van der Waals surface area contributed by atoms with Crippen molar-refractivity contribution in [3.8, 4) is 0 Å². The van der Waals surface area contributed by atoms with Crippen molar-refractivity contribution >= 4 is 5.69 Å². The number of halogens is 1. The Kier molecular flexibility index (Phi) is 3.78. The maximum absolute atomic E-state index is 13.8. The van der Waals surface area contributed by atoms with Gasteiger partial charge in [0.2, 0.25) is 0 Å². The van der Waals surface area contributed by atoms with E-state index in [4.69, 9.17) is 5.73 Å². The van der Waals surface area contributed by atoms with Crippen LogP contribution in [0.4, 0.5) is 10.1 Å². The fourth-order valence-corrected chi connectivity index (χ4v) is 2.20. The van der Waals surface area contributed by atoms with Crippen molar-refractivity contribution in [1.29, 1.82) is 0 Å². The molecule has 2 rings (SSSR count). The van der Waals surface area contributed by atoms with Gasteiger partial charge in [0.15, 0.2) is 0 Å². The summed E-state index contributed by atoms with van der Waals surface area (Å²) in [5, 5.41) is 0. The fraction of sp³-hybridized carbons (Fsp3) is 0.538. The van der Waals surface area contributed by atoms with Crippen LogP contribution in [0.15, 0.2) is 18.2 Å². The fourth-order valence-electron chi connectivity index (χ4n) is 2.20. The van der Waals surface area contributed by atoms with Crippen LogP contribution in [0.3, 0.4) is 0 Å². The highest BCUT2D eigenvalue weighted by atomic mass is 19.1. The maximum atomic E-state index is 13.8. The van der Waals surface area contributed by atoms with E-state index >= 15 is 0 Å². The topological polar surface area (TPSA) is 29.3 Å². The number of hydrogen-bond donors (Lipinski definition) is 1. The molecule has 0 amide bonds. The predicted octanol–water partition coefficient (Wildman–Crippen LogP) is 2.32. The zero-order valence-electron chi connectivity index (χ0n) is 9.58. The van der Waals surface area contributed by atoms with Crippen LogP contribution in [0.2, 0.25) is 0 Å². The second-order valence-corrected chi connectivity index (χ2v) is 4.36. The minimum atomic E-state index is -0.0853. The number of aryl methyl sites for hydroxylation is 1. The van der Waals surface area contributed by atoms with Gasteiger partial charge in [-0.25, -0.2) is 4.39 Å². The predicted molar refractivity (Wildman–Crippen MR) is 65.2 cm³/mol. The van der Waals surface area contributed by atoms with Crippen molar-refractivity contribution in [3.63, 3.8) is 0 Å². The first-order valence-corrected chi connectivity index (χ1v) is 6.04. The zero-order valence-corrected chi connectivity index (χ0v) is 9.58. The summed E-state index contributed by atoms with van der Waals surface area (Å²) in [5.41, 5.74) is 7.23. The van der Waals surface area contributed by atoms with E-state index in [9.17, 15) is 4.39 Å². The van der Waals surface area contributed by atoms with E-state index in [0.717, 1.165) is 37.2 Å². The highest BCUT2D eigenvalue weighted by molar-refractivity contribution is 5.48. The zero-order chi connectivity index (χ0) is 11.4. The van der Waals surface area contributed by atoms with Crippen molar-refractivity contribution in [2.24, 2.45) is 5.73 Å². The second kappa shape index (κ2) is 5.30. The molecular formula is C13H19FN2. The van der Waals surface area contributed by atoms with E-state index in [2.05, 4.69) is 4.90 Å². The van der Waals surface area contributed by atoms with Gasteiger partial charge in [0.25, 0.3) is 0 Å². The van der Waals surface area contributed by atoms with Crippen LogP contribution < -0.4 is 10.6 Å². The number of anilines is 1. The molecule has 1 aromatic carbocycles. The Labute approximate surface area is 96.2 Å². The SMILES string of the molecule is NCCCc1ccc(N2CCCC2)cc1F. The van der Waals surface area contributed by atoms with Gasteiger partial charge < -0.3 is 10.6 Å². The molecule has 1 aromatic rings. The van der Waals surface area contributed by atoms with E-state index < -0.39 is 0 Å². The largest absolute Gasteiger partial charge is 0.371 e. The normalized spacial score (nSPS) is 15.8. The lowest BCUT2D eigenvalue weighted by molar-refractivity contribution is 0.604. The Morgan fingerprint density at radius 1 is 1.25 bits per heavy atom. The van der Waals surface area contributed by atoms with Crippen LogP contribution in [-0.2, 0) is 6.42 Å². The third-order valence-electron chi connectivity index (χ3n) is 3.16. The van der Waals surface area contributed by atoms with E-state index in [0.29, 0.717) is 6.54 Å². The van der Waals surface area contributed by atoms with Crippen LogP contribution in [0, 0.1) is 5.82 Å². The summed E-state index contributed by atoms with van der Waals surface area (Å²) < 4.78 is 13.8. The Bertz CT molecular complexity index is 346. The molecule has 1 aliphatic heterocycles. The summed E-state index contributed by atoms with van der Waals surface area (Å²) in [7, 11) is 0. The van der Waals surface area contributed by atoms with Gasteiger partial charge in [0.05, 0.1) is 0 Å². The number of nitrogens with two attached hydrogens (primary N) is 1. The van der Waals surface area contributed by atoms with Crippen molar-refractivity contribution in [2.75, 3.05) is 24.5 Å². The van der Waals surface area contributed by atoms with Crippen LogP contribution >= 0.6 is 0 Å². The first-order chi connectivity index (χ1) is 7.81. The smallest absolute Gasteiger partial charge is 0.128 e. The molecule has 2 nitrogen and oxygen atoms in total. The van der Waals surface area contributed by atoms with Gasteiger partial charge in [-0.1, -0.05) is 6.07 Å². The summed E-state index contributed by atoms with van der Waals surface area (Å²) in [6.45, 7) is 2.73. The van der Waals surface area contributed by atoms with Crippen LogP contribution in [-0.4, -0.2) is 19.6 Å². The first-order valence-electron chi connectivity index (χ1n) is 6.04. The van der Waals surface area contributed by atoms with Gasteiger partial charge in [-0.15, -0.1) is 0 Å². The molecule has 88 valence electrons. The van der Waals surface area contributed by atoms with Crippen molar-refractivity contribution in [3.05, 3.63) is 29.6 Å². The molecule has 2 N–H and O–H groups in total. The van der Waals surface area contributed by atoms with Crippen LogP contribution in [0.5, 0.6) is 0 Å². The van der Waals surface area contributed by atoms with Crippen molar-refractivity contribution in [1.82, 2.24) is 0 Å². The molecule has 16 heavy (non-hydrogen) atoms. The Hall–Kier alpha value is -1.09. The summed E-state index contributed by atoms with van der Waals surface area (Å²) >= 11 is 0. The minimum Gasteiger partial charge on any atom is -0.371 e. The molecule has 3 heteroatoms. The van der Waals surface area contributed by atoms with Crippen LogP contribution in [0.1, 0.15) is 24.8 Å². The maximum Gasteiger partial charge on any atom is 0.128 e. The highest BCUT2D eigenvalue weighted by Crippen LogP contribution is 2.23. The average molecular weight is 222 g/mol. The molecule has 0 radical (unpaired) electrons. The number of benzene rings is 1. The second-order valence-electron chi connectivity index (χ2n) is 4.36. The molecule has 0 unspecified atom stereocenters. The van der Waals surface area contributed by atoms with E-state index in [1.807, 2.05) is 12.1 Å².